The monoisotopic (exact) mass is 376 g/mol. The van der Waals surface area contributed by atoms with Crippen molar-refractivity contribution in [3.05, 3.63) is 53.9 Å². The Hall–Kier alpha value is -3.15. The molecule has 0 saturated heterocycles. The second-order valence-corrected chi connectivity index (χ2v) is 7.51. The van der Waals surface area contributed by atoms with Gasteiger partial charge in [0.05, 0.1) is 28.9 Å². The molecule has 0 spiro atoms. The summed E-state index contributed by atoms with van der Waals surface area (Å²) in [7, 11) is 0. The molecule has 0 saturated carbocycles. The van der Waals surface area contributed by atoms with Crippen LogP contribution in [0.5, 0.6) is 0 Å². The Labute approximate surface area is 163 Å². The zero-order valence-electron chi connectivity index (χ0n) is 16.1. The van der Waals surface area contributed by atoms with Crippen LogP contribution < -0.4 is 5.32 Å². The Morgan fingerprint density at radius 2 is 2.11 bits per heavy atom. The number of aliphatic hydroxyl groups is 1. The van der Waals surface area contributed by atoms with Gasteiger partial charge < -0.3 is 15.4 Å². The minimum atomic E-state index is -0.335. The van der Waals surface area contributed by atoms with Gasteiger partial charge >= 0.3 is 0 Å². The number of pyridine rings is 1. The summed E-state index contributed by atoms with van der Waals surface area (Å²) in [5.41, 5.74) is 3.75. The molecule has 6 heteroatoms. The third-order valence-corrected chi connectivity index (χ3v) is 5.34. The molecule has 0 fully saturated rings. The van der Waals surface area contributed by atoms with Gasteiger partial charge in [-0.2, -0.15) is 0 Å². The molecule has 0 radical (unpaired) electrons. The second-order valence-electron chi connectivity index (χ2n) is 7.51. The Kier molecular flexibility index (Phi) is 4.86. The number of aryl methyl sites for hydroxylation is 1. The third kappa shape index (κ3) is 3.76. The number of nitrogens with zero attached hydrogens (tertiary/aromatic N) is 2. The number of carbonyl (C=O) groups excluding carboxylic acids is 1. The SMILES string of the molecule is CCC1CC(O)=CC(C(=O)Nc2cc3nc(-c4ccc(C)cc4)[nH]c3cn2)C1. The van der Waals surface area contributed by atoms with Crippen LogP contribution in [0, 0.1) is 18.8 Å². The number of amides is 1. The molecule has 2 unspecified atom stereocenters. The number of benzene rings is 1. The summed E-state index contributed by atoms with van der Waals surface area (Å²) in [6.07, 6.45) is 5.68. The molecule has 1 aliphatic rings. The van der Waals surface area contributed by atoms with Crippen LogP contribution >= 0.6 is 0 Å². The van der Waals surface area contributed by atoms with Crippen LogP contribution in [0.2, 0.25) is 0 Å². The molecule has 1 amide bonds. The molecule has 28 heavy (non-hydrogen) atoms. The molecule has 4 rings (SSSR count). The van der Waals surface area contributed by atoms with Crippen molar-refractivity contribution in [1.29, 1.82) is 0 Å². The maximum Gasteiger partial charge on any atom is 0.232 e. The topological polar surface area (TPSA) is 90.9 Å². The average Bonchev–Trinajstić information content (AvgIpc) is 3.11. The van der Waals surface area contributed by atoms with Crippen LogP contribution in [0.4, 0.5) is 5.82 Å². The summed E-state index contributed by atoms with van der Waals surface area (Å²) in [5, 5.41) is 12.8. The van der Waals surface area contributed by atoms with E-state index in [2.05, 4.69) is 27.2 Å². The highest BCUT2D eigenvalue weighted by atomic mass is 16.3. The number of fused-ring (bicyclic) bond motifs is 1. The molecule has 2 atom stereocenters. The predicted molar refractivity (Wildman–Crippen MR) is 110 cm³/mol. The highest BCUT2D eigenvalue weighted by Gasteiger charge is 2.26. The highest BCUT2D eigenvalue weighted by molar-refractivity contribution is 5.94. The number of aliphatic hydroxyl groups excluding tert-OH is 1. The number of rotatable bonds is 4. The molecule has 1 aromatic carbocycles. The van der Waals surface area contributed by atoms with Gasteiger partial charge in [0, 0.05) is 18.1 Å². The van der Waals surface area contributed by atoms with Crippen molar-refractivity contribution in [1.82, 2.24) is 15.0 Å². The van der Waals surface area contributed by atoms with Crippen LogP contribution in [0.15, 0.2) is 48.4 Å². The molecular weight excluding hydrogens is 352 g/mol. The van der Waals surface area contributed by atoms with Gasteiger partial charge in [-0.25, -0.2) is 9.97 Å². The first-order chi connectivity index (χ1) is 13.5. The summed E-state index contributed by atoms with van der Waals surface area (Å²) in [4.78, 5) is 24.9. The van der Waals surface area contributed by atoms with E-state index in [4.69, 9.17) is 0 Å². The smallest absolute Gasteiger partial charge is 0.232 e. The van der Waals surface area contributed by atoms with Gasteiger partial charge in [0.1, 0.15) is 11.6 Å². The molecule has 6 nitrogen and oxygen atoms in total. The number of allylic oxidation sites excluding steroid dienone is 1. The molecule has 1 aliphatic carbocycles. The molecule has 2 aromatic heterocycles. The van der Waals surface area contributed by atoms with E-state index in [1.165, 1.54) is 5.56 Å². The Morgan fingerprint density at radius 3 is 2.86 bits per heavy atom. The molecule has 3 N–H and O–H groups in total. The van der Waals surface area contributed by atoms with E-state index < -0.39 is 0 Å². The lowest BCUT2D eigenvalue weighted by molar-refractivity contribution is -0.119. The standard InChI is InChI=1S/C22H24N4O2/c1-3-14-8-16(10-17(27)9-14)22(28)26-20-11-18-19(12-23-20)25-21(24-18)15-6-4-13(2)5-7-15/h4-7,10-12,14,16,27H,3,8-9H2,1-2H3,(H,24,25)(H,23,26,28). The number of aromatic nitrogens is 3. The largest absolute Gasteiger partial charge is 0.513 e. The lowest BCUT2D eigenvalue weighted by Gasteiger charge is -2.24. The molecule has 0 aliphatic heterocycles. The summed E-state index contributed by atoms with van der Waals surface area (Å²) < 4.78 is 0. The summed E-state index contributed by atoms with van der Waals surface area (Å²) in [5.74, 6) is 1.39. The third-order valence-electron chi connectivity index (χ3n) is 5.34. The van der Waals surface area contributed by atoms with E-state index in [-0.39, 0.29) is 11.8 Å². The van der Waals surface area contributed by atoms with Crippen LogP contribution in [-0.2, 0) is 4.79 Å². The van der Waals surface area contributed by atoms with Crippen LogP contribution in [0.3, 0.4) is 0 Å². The van der Waals surface area contributed by atoms with Crippen molar-refractivity contribution in [2.24, 2.45) is 11.8 Å². The Morgan fingerprint density at radius 1 is 1.32 bits per heavy atom. The quantitative estimate of drug-likeness (QED) is 0.613. The second kappa shape index (κ2) is 7.46. The zero-order valence-corrected chi connectivity index (χ0v) is 16.1. The number of H-pyrrole nitrogens is 1. The lowest BCUT2D eigenvalue weighted by atomic mass is 9.83. The average molecular weight is 376 g/mol. The van der Waals surface area contributed by atoms with Crippen molar-refractivity contribution < 1.29 is 9.90 Å². The van der Waals surface area contributed by atoms with Gasteiger partial charge in [0.15, 0.2) is 0 Å². The zero-order chi connectivity index (χ0) is 19.7. The van der Waals surface area contributed by atoms with Crippen molar-refractivity contribution in [2.45, 2.75) is 33.1 Å². The van der Waals surface area contributed by atoms with Gasteiger partial charge in [0.25, 0.3) is 0 Å². The minimum absolute atomic E-state index is 0.147. The van der Waals surface area contributed by atoms with E-state index in [0.29, 0.717) is 23.9 Å². The molecule has 144 valence electrons. The van der Waals surface area contributed by atoms with Gasteiger partial charge in [-0.1, -0.05) is 43.2 Å². The predicted octanol–water partition coefficient (Wildman–Crippen LogP) is 4.75. The van der Waals surface area contributed by atoms with Gasteiger partial charge in [-0.15, -0.1) is 0 Å². The highest BCUT2D eigenvalue weighted by Crippen LogP contribution is 2.30. The Balaban J connectivity index is 1.54. The molecule has 3 aromatic rings. The van der Waals surface area contributed by atoms with Gasteiger partial charge in [-0.05, 0) is 25.3 Å². The van der Waals surface area contributed by atoms with Crippen LogP contribution in [-0.4, -0.2) is 26.0 Å². The van der Waals surface area contributed by atoms with Gasteiger partial charge in [0.2, 0.25) is 5.91 Å². The number of carbonyl (C=O) groups is 1. The van der Waals surface area contributed by atoms with E-state index >= 15 is 0 Å². The maximum absolute atomic E-state index is 12.6. The fraction of sp³-hybridized carbons (Fsp3) is 0.318. The van der Waals surface area contributed by atoms with E-state index in [0.717, 1.165) is 35.3 Å². The van der Waals surface area contributed by atoms with Crippen molar-refractivity contribution in [3.8, 4) is 11.4 Å². The summed E-state index contributed by atoms with van der Waals surface area (Å²) in [6, 6.07) is 9.90. The van der Waals surface area contributed by atoms with Crippen LogP contribution in [0.1, 0.15) is 31.7 Å². The van der Waals surface area contributed by atoms with E-state index in [1.54, 1.807) is 18.3 Å². The number of hydrogen-bond donors (Lipinski definition) is 3. The summed E-state index contributed by atoms with van der Waals surface area (Å²) >= 11 is 0. The number of aromatic amines is 1. The molecule has 2 heterocycles. The molecular formula is C22H24N4O2. The van der Waals surface area contributed by atoms with E-state index in [1.807, 2.05) is 31.2 Å². The van der Waals surface area contributed by atoms with Crippen molar-refractivity contribution in [2.75, 3.05) is 5.32 Å². The minimum Gasteiger partial charge on any atom is -0.513 e. The van der Waals surface area contributed by atoms with Gasteiger partial charge in [-0.3, -0.25) is 4.79 Å². The van der Waals surface area contributed by atoms with Crippen molar-refractivity contribution in [3.63, 3.8) is 0 Å². The number of hydrogen-bond acceptors (Lipinski definition) is 4. The number of imidazole rings is 1. The number of nitrogens with one attached hydrogen (secondary N) is 2. The first-order valence-electron chi connectivity index (χ1n) is 9.65. The first-order valence-corrected chi connectivity index (χ1v) is 9.65. The van der Waals surface area contributed by atoms with Crippen molar-refractivity contribution >= 4 is 22.8 Å². The number of anilines is 1. The summed E-state index contributed by atoms with van der Waals surface area (Å²) in [6.45, 7) is 4.13. The van der Waals surface area contributed by atoms with E-state index in [9.17, 15) is 9.90 Å². The maximum atomic E-state index is 12.6. The lowest BCUT2D eigenvalue weighted by Crippen LogP contribution is -2.27. The van der Waals surface area contributed by atoms with Crippen LogP contribution in [0.25, 0.3) is 22.4 Å². The fourth-order valence-electron chi connectivity index (χ4n) is 3.65. The first kappa shape index (κ1) is 18.2. The Bertz CT molecular complexity index is 1040. The fourth-order valence-corrected chi connectivity index (χ4v) is 3.65. The normalized spacial score (nSPS) is 19.4. The molecule has 0 bridgehead atoms.